The van der Waals surface area contributed by atoms with Gasteiger partial charge in [0, 0.05) is 10.3 Å². The van der Waals surface area contributed by atoms with E-state index in [1.54, 1.807) is 6.07 Å². The zero-order valence-electron chi connectivity index (χ0n) is 12.0. The summed E-state index contributed by atoms with van der Waals surface area (Å²) in [6, 6.07) is 6.36. The van der Waals surface area contributed by atoms with E-state index in [1.165, 1.54) is 23.9 Å². The van der Waals surface area contributed by atoms with E-state index in [1.807, 2.05) is 26.8 Å². The highest BCUT2D eigenvalue weighted by molar-refractivity contribution is 9.10. The molecule has 1 N–H and O–H groups in total. The number of aromatic nitrogens is 2. The van der Waals surface area contributed by atoms with E-state index in [-0.39, 0.29) is 16.8 Å². The quantitative estimate of drug-likeness (QED) is 0.820. The Balaban J connectivity index is 2.25. The van der Waals surface area contributed by atoms with Crippen LogP contribution in [-0.4, -0.2) is 9.97 Å². The molecule has 21 heavy (non-hydrogen) atoms. The first-order chi connectivity index (χ1) is 9.77. The molecule has 0 atom stereocenters. The van der Waals surface area contributed by atoms with Crippen LogP contribution in [0.4, 0.5) is 4.39 Å². The fourth-order valence-electron chi connectivity index (χ4n) is 1.78. The molecule has 6 heteroatoms. The van der Waals surface area contributed by atoms with Crippen molar-refractivity contribution in [2.75, 3.05) is 0 Å². The van der Waals surface area contributed by atoms with Crippen molar-refractivity contribution in [2.45, 2.75) is 36.8 Å². The van der Waals surface area contributed by atoms with E-state index in [4.69, 9.17) is 0 Å². The fourth-order valence-corrected chi connectivity index (χ4v) is 3.37. The second-order valence-electron chi connectivity index (χ2n) is 5.67. The molecule has 1 aromatic carbocycles. The monoisotopic (exact) mass is 370 g/mol. The molecule has 0 aliphatic carbocycles. The summed E-state index contributed by atoms with van der Waals surface area (Å²) in [6.07, 6.45) is 0. The van der Waals surface area contributed by atoms with Crippen LogP contribution in [0.1, 0.15) is 32.3 Å². The van der Waals surface area contributed by atoms with Crippen molar-refractivity contribution >= 4 is 27.7 Å². The number of hydrogen-bond acceptors (Lipinski definition) is 3. The van der Waals surface area contributed by atoms with Gasteiger partial charge in [0.2, 0.25) is 0 Å². The van der Waals surface area contributed by atoms with Crippen LogP contribution in [0.15, 0.2) is 38.4 Å². The SMILES string of the molecule is CC(C)(C)c1nc(CSc2cccc(F)c2)[nH]c(=O)c1Br. The number of rotatable bonds is 3. The summed E-state index contributed by atoms with van der Waals surface area (Å²) < 4.78 is 13.6. The maximum Gasteiger partial charge on any atom is 0.265 e. The maximum absolute atomic E-state index is 13.1. The molecular formula is C15H16BrFN2OS. The average molecular weight is 371 g/mol. The van der Waals surface area contributed by atoms with Crippen LogP contribution in [0.25, 0.3) is 0 Å². The van der Waals surface area contributed by atoms with Gasteiger partial charge in [-0.15, -0.1) is 11.8 Å². The lowest BCUT2D eigenvalue weighted by atomic mass is 9.92. The van der Waals surface area contributed by atoms with Gasteiger partial charge in [0.05, 0.1) is 11.4 Å². The molecule has 0 aliphatic heterocycles. The minimum Gasteiger partial charge on any atom is -0.309 e. The topological polar surface area (TPSA) is 45.8 Å². The van der Waals surface area contributed by atoms with Crippen molar-refractivity contribution in [3.05, 3.63) is 56.4 Å². The summed E-state index contributed by atoms with van der Waals surface area (Å²) >= 11 is 4.73. The van der Waals surface area contributed by atoms with Gasteiger partial charge in [-0.1, -0.05) is 26.8 Å². The number of H-pyrrole nitrogens is 1. The Hall–Kier alpha value is -1.14. The normalized spacial score (nSPS) is 11.7. The summed E-state index contributed by atoms with van der Waals surface area (Å²) in [4.78, 5) is 20.0. The molecule has 2 rings (SSSR count). The molecular weight excluding hydrogens is 355 g/mol. The van der Waals surface area contributed by atoms with Crippen molar-refractivity contribution in [3.63, 3.8) is 0 Å². The molecule has 0 aliphatic rings. The van der Waals surface area contributed by atoms with Gasteiger partial charge in [0.15, 0.2) is 0 Å². The van der Waals surface area contributed by atoms with Gasteiger partial charge in [0.1, 0.15) is 16.1 Å². The Bertz CT molecular complexity index is 710. The third-order valence-corrected chi connectivity index (χ3v) is 4.53. The van der Waals surface area contributed by atoms with Gasteiger partial charge < -0.3 is 4.98 Å². The molecule has 0 amide bonds. The van der Waals surface area contributed by atoms with Crippen LogP contribution in [0.5, 0.6) is 0 Å². The minimum atomic E-state index is -0.271. The van der Waals surface area contributed by atoms with Gasteiger partial charge in [-0.05, 0) is 34.1 Å². The van der Waals surface area contributed by atoms with Crippen LogP contribution in [0, 0.1) is 5.82 Å². The highest BCUT2D eigenvalue weighted by Gasteiger charge is 2.21. The molecule has 0 fully saturated rings. The standard InChI is InChI=1S/C15H16BrFN2OS/c1-15(2,3)13-12(16)14(20)19-11(18-13)8-21-10-6-4-5-9(17)7-10/h4-7H,8H2,1-3H3,(H,18,19,20). The van der Waals surface area contributed by atoms with Crippen molar-refractivity contribution in [1.29, 1.82) is 0 Å². The highest BCUT2D eigenvalue weighted by atomic mass is 79.9. The van der Waals surface area contributed by atoms with Crippen LogP contribution in [-0.2, 0) is 11.2 Å². The Morgan fingerprint density at radius 2 is 2.10 bits per heavy atom. The summed E-state index contributed by atoms with van der Waals surface area (Å²) in [6.45, 7) is 6.01. The molecule has 0 saturated carbocycles. The largest absolute Gasteiger partial charge is 0.309 e. The number of halogens is 2. The maximum atomic E-state index is 13.1. The first kappa shape index (κ1) is 16.2. The van der Waals surface area contributed by atoms with Crippen molar-refractivity contribution in [2.24, 2.45) is 0 Å². The molecule has 0 spiro atoms. The number of benzene rings is 1. The number of aromatic amines is 1. The molecule has 3 nitrogen and oxygen atoms in total. The Kier molecular flexibility index (Phi) is 4.88. The predicted molar refractivity (Wildman–Crippen MR) is 87.2 cm³/mol. The zero-order chi connectivity index (χ0) is 15.6. The molecule has 0 unspecified atom stereocenters. The first-order valence-electron chi connectivity index (χ1n) is 6.45. The summed E-state index contributed by atoms with van der Waals surface area (Å²) in [5, 5.41) is 0. The van der Waals surface area contributed by atoms with Gasteiger partial charge in [-0.3, -0.25) is 4.79 Å². The second-order valence-corrected chi connectivity index (χ2v) is 7.51. The van der Waals surface area contributed by atoms with Gasteiger partial charge in [0.25, 0.3) is 5.56 Å². The summed E-state index contributed by atoms with van der Waals surface area (Å²) in [5.74, 6) is 0.796. The molecule has 1 heterocycles. The molecule has 2 aromatic rings. The zero-order valence-corrected chi connectivity index (χ0v) is 14.4. The summed E-state index contributed by atoms with van der Waals surface area (Å²) in [5.41, 5.74) is 0.302. The average Bonchev–Trinajstić information content (AvgIpc) is 2.38. The number of thioether (sulfide) groups is 1. The van der Waals surface area contributed by atoms with E-state index in [0.29, 0.717) is 16.0 Å². The van der Waals surface area contributed by atoms with Crippen LogP contribution < -0.4 is 5.56 Å². The molecule has 0 saturated heterocycles. The highest BCUT2D eigenvalue weighted by Crippen LogP contribution is 2.27. The lowest BCUT2D eigenvalue weighted by Crippen LogP contribution is -2.23. The van der Waals surface area contributed by atoms with Crippen LogP contribution in [0.3, 0.4) is 0 Å². The number of nitrogens with zero attached hydrogens (tertiary/aromatic N) is 1. The predicted octanol–water partition coefficient (Wildman–Crippen LogP) is 4.26. The minimum absolute atomic E-state index is 0.190. The van der Waals surface area contributed by atoms with Crippen molar-refractivity contribution < 1.29 is 4.39 Å². The lowest BCUT2D eigenvalue weighted by Gasteiger charge is -2.19. The van der Waals surface area contributed by atoms with E-state index in [0.717, 1.165) is 10.6 Å². The first-order valence-corrected chi connectivity index (χ1v) is 8.23. The number of hydrogen-bond donors (Lipinski definition) is 1. The fraction of sp³-hybridized carbons (Fsp3) is 0.333. The van der Waals surface area contributed by atoms with Gasteiger partial charge in [-0.25, -0.2) is 9.37 Å². The smallest absolute Gasteiger partial charge is 0.265 e. The molecule has 112 valence electrons. The third-order valence-electron chi connectivity index (χ3n) is 2.79. The van der Waals surface area contributed by atoms with E-state index >= 15 is 0 Å². The van der Waals surface area contributed by atoms with Crippen molar-refractivity contribution in [1.82, 2.24) is 9.97 Å². The van der Waals surface area contributed by atoms with Gasteiger partial charge >= 0.3 is 0 Å². The van der Waals surface area contributed by atoms with E-state index in [9.17, 15) is 9.18 Å². The van der Waals surface area contributed by atoms with Crippen LogP contribution >= 0.6 is 27.7 Å². The third kappa shape index (κ3) is 4.17. The van der Waals surface area contributed by atoms with Gasteiger partial charge in [-0.2, -0.15) is 0 Å². The lowest BCUT2D eigenvalue weighted by molar-refractivity contribution is 0.558. The number of nitrogens with one attached hydrogen (secondary N) is 1. The summed E-state index contributed by atoms with van der Waals surface area (Å²) in [7, 11) is 0. The molecule has 0 radical (unpaired) electrons. The van der Waals surface area contributed by atoms with Crippen LogP contribution in [0.2, 0.25) is 0 Å². The van der Waals surface area contributed by atoms with E-state index < -0.39 is 0 Å². The molecule has 1 aromatic heterocycles. The molecule has 0 bridgehead atoms. The second kappa shape index (κ2) is 6.32. The Morgan fingerprint density at radius 1 is 1.38 bits per heavy atom. The van der Waals surface area contributed by atoms with E-state index in [2.05, 4.69) is 25.9 Å². The Labute approximate surface area is 135 Å². The van der Waals surface area contributed by atoms with Crippen molar-refractivity contribution in [3.8, 4) is 0 Å². The Morgan fingerprint density at radius 3 is 2.71 bits per heavy atom.